The van der Waals surface area contributed by atoms with Gasteiger partial charge in [-0.15, -0.1) is 0 Å². The maximum atomic E-state index is 9.34. The van der Waals surface area contributed by atoms with Crippen molar-refractivity contribution in [2.75, 3.05) is 0 Å². The predicted octanol–water partition coefficient (Wildman–Crippen LogP) is 2.75. The Balaban J connectivity index is 2.48. The highest BCUT2D eigenvalue weighted by molar-refractivity contribution is 5.40. The lowest BCUT2D eigenvalue weighted by molar-refractivity contribution is 0.665. The van der Waals surface area contributed by atoms with E-state index in [1.165, 1.54) is 6.33 Å². The fourth-order valence-corrected chi connectivity index (χ4v) is 2.06. The zero-order valence-corrected chi connectivity index (χ0v) is 12.4. The van der Waals surface area contributed by atoms with Gasteiger partial charge in [0.25, 0.3) is 0 Å². The van der Waals surface area contributed by atoms with Gasteiger partial charge in [-0.2, -0.15) is 15.6 Å². The molecule has 0 aliphatic carbocycles. The van der Waals surface area contributed by atoms with Crippen LogP contribution in [0.2, 0.25) is 0 Å². The van der Waals surface area contributed by atoms with Crippen LogP contribution in [0.25, 0.3) is 0 Å². The van der Waals surface area contributed by atoms with Crippen LogP contribution < -0.4 is 0 Å². The Bertz CT molecular complexity index is 701. The highest BCUT2D eigenvalue weighted by Crippen LogP contribution is 2.27. The third kappa shape index (κ3) is 3.27. The smallest absolute Gasteiger partial charge is 0.137 e. The van der Waals surface area contributed by atoms with Crippen molar-refractivity contribution in [1.29, 1.82) is 10.5 Å². The molecule has 0 fully saturated rings. The fourth-order valence-electron chi connectivity index (χ4n) is 2.06. The van der Waals surface area contributed by atoms with Crippen LogP contribution in [0.3, 0.4) is 0 Å². The second kappa shape index (κ2) is 5.76. The SMILES string of the molecule is CC(C#N)c1cc(Cn2cncn2)cc(C(C)(C)C#N)c1. The Morgan fingerprint density at radius 3 is 2.62 bits per heavy atom. The van der Waals surface area contributed by atoms with Crippen LogP contribution in [-0.2, 0) is 12.0 Å². The van der Waals surface area contributed by atoms with Gasteiger partial charge in [-0.05, 0) is 37.5 Å². The molecule has 1 atom stereocenters. The lowest BCUT2D eigenvalue weighted by Gasteiger charge is -2.19. The van der Waals surface area contributed by atoms with Gasteiger partial charge >= 0.3 is 0 Å². The highest BCUT2D eigenvalue weighted by Gasteiger charge is 2.22. The minimum atomic E-state index is -0.595. The maximum Gasteiger partial charge on any atom is 0.137 e. The second-order valence-electron chi connectivity index (χ2n) is 5.64. The van der Waals surface area contributed by atoms with E-state index < -0.39 is 5.41 Å². The molecule has 2 rings (SSSR count). The van der Waals surface area contributed by atoms with Gasteiger partial charge < -0.3 is 0 Å². The molecule has 0 aliphatic rings. The Kier molecular flexibility index (Phi) is 4.05. The summed E-state index contributed by atoms with van der Waals surface area (Å²) in [5.74, 6) is -0.214. The number of rotatable bonds is 4. The average Bonchev–Trinajstić information content (AvgIpc) is 2.98. The largest absolute Gasteiger partial charge is 0.249 e. The first-order chi connectivity index (χ1) is 9.96. The first-order valence-electron chi connectivity index (χ1n) is 6.74. The maximum absolute atomic E-state index is 9.34. The van der Waals surface area contributed by atoms with Crippen molar-refractivity contribution in [2.45, 2.75) is 38.6 Å². The Morgan fingerprint density at radius 2 is 2.05 bits per heavy atom. The lowest BCUT2D eigenvalue weighted by Crippen LogP contribution is -2.15. The molecule has 1 aromatic heterocycles. The van der Waals surface area contributed by atoms with Crippen LogP contribution >= 0.6 is 0 Å². The van der Waals surface area contributed by atoms with Crippen molar-refractivity contribution >= 4 is 0 Å². The van der Waals surface area contributed by atoms with Crippen LogP contribution in [0.15, 0.2) is 30.9 Å². The summed E-state index contributed by atoms with van der Waals surface area (Å²) >= 11 is 0. The number of hydrogen-bond donors (Lipinski definition) is 0. The second-order valence-corrected chi connectivity index (χ2v) is 5.64. The molecule has 0 N–H and O–H groups in total. The van der Waals surface area contributed by atoms with Crippen LogP contribution in [0.4, 0.5) is 0 Å². The van der Waals surface area contributed by atoms with Gasteiger partial charge in [-0.1, -0.05) is 18.2 Å². The summed E-state index contributed by atoms with van der Waals surface area (Å²) < 4.78 is 1.72. The monoisotopic (exact) mass is 279 g/mol. The predicted molar refractivity (Wildman–Crippen MR) is 78.2 cm³/mol. The van der Waals surface area contributed by atoms with Crippen LogP contribution in [0, 0.1) is 22.7 Å². The molecule has 0 bridgehead atoms. The third-order valence-electron chi connectivity index (χ3n) is 3.52. The molecule has 5 nitrogen and oxygen atoms in total. The Hall–Kier alpha value is -2.66. The molecule has 0 radical (unpaired) electrons. The van der Waals surface area contributed by atoms with E-state index in [4.69, 9.17) is 5.26 Å². The molecule has 0 spiro atoms. The van der Waals surface area contributed by atoms with Gasteiger partial charge in [-0.25, -0.2) is 9.67 Å². The van der Waals surface area contributed by atoms with Crippen molar-refractivity contribution in [1.82, 2.24) is 14.8 Å². The number of nitriles is 2. The molecule has 1 unspecified atom stereocenters. The number of hydrogen-bond acceptors (Lipinski definition) is 4. The zero-order chi connectivity index (χ0) is 15.5. The van der Waals surface area contributed by atoms with E-state index >= 15 is 0 Å². The van der Waals surface area contributed by atoms with E-state index in [1.54, 1.807) is 11.0 Å². The Labute approximate surface area is 124 Å². The zero-order valence-electron chi connectivity index (χ0n) is 12.4. The van der Waals surface area contributed by atoms with E-state index in [9.17, 15) is 5.26 Å². The number of nitrogens with zero attached hydrogens (tertiary/aromatic N) is 5. The molecule has 1 aromatic carbocycles. The molecule has 5 heteroatoms. The van der Waals surface area contributed by atoms with Crippen LogP contribution in [-0.4, -0.2) is 14.8 Å². The summed E-state index contributed by atoms with van der Waals surface area (Å²) in [5.41, 5.74) is 2.26. The van der Waals surface area contributed by atoms with Crippen molar-refractivity contribution in [3.05, 3.63) is 47.5 Å². The quantitative estimate of drug-likeness (QED) is 0.862. The van der Waals surface area contributed by atoms with Gasteiger partial charge in [0.05, 0.1) is 30.0 Å². The van der Waals surface area contributed by atoms with Gasteiger partial charge in [0.2, 0.25) is 0 Å². The van der Waals surface area contributed by atoms with Gasteiger partial charge in [-0.3, -0.25) is 0 Å². The number of aromatic nitrogens is 3. The first kappa shape index (κ1) is 14.7. The molecular weight excluding hydrogens is 262 g/mol. The van der Waals surface area contributed by atoms with Crippen molar-refractivity contribution in [3.63, 3.8) is 0 Å². The summed E-state index contributed by atoms with van der Waals surface area (Å²) in [4.78, 5) is 3.93. The van der Waals surface area contributed by atoms with Crippen LogP contribution in [0.1, 0.15) is 43.4 Å². The first-order valence-corrected chi connectivity index (χ1v) is 6.74. The topological polar surface area (TPSA) is 78.3 Å². The van der Waals surface area contributed by atoms with Crippen molar-refractivity contribution in [2.24, 2.45) is 0 Å². The fraction of sp³-hybridized carbons (Fsp3) is 0.375. The summed E-state index contributed by atoms with van der Waals surface area (Å²) in [5, 5.41) is 22.6. The van der Waals surface area contributed by atoms with Gasteiger partial charge in [0.1, 0.15) is 12.7 Å². The molecular formula is C16H17N5. The molecule has 21 heavy (non-hydrogen) atoms. The normalized spacial score (nSPS) is 12.4. The van der Waals surface area contributed by atoms with E-state index in [0.29, 0.717) is 6.54 Å². The van der Waals surface area contributed by atoms with Gasteiger partial charge in [0, 0.05) is 0 Å². The summed E-state index contributed by atoms with van der Waals surface area (Å²) in [6.45, 7) is 6.18. The van der Waals surface area contributed by atoms with E-state index in [0.717, 1.165) is 16.7 Å². The van der Waals surface area contributed by atoms with Gasteiger partial charge in [0.15, 0.2) is 0 Å². The summed E-state index contributed by atoms with van der Waals surface area (Å²) in [6.07, 6.45) is 3.14. The average molecular weight is 279 g/mol. The minimum Gasteiger partial charge on any atom is -0.249 e. The Morgan fingerprint density at radius 1 is 1.29 bits per heavy atom. The summed E-state index contributed by atoms with van der Waals surface area (Å²) in [6, 6.07) is 10.5. The minimum absolute atomic E-state index is 0.214. The lowest BCUT2D eigenvalue weighted by atomic mass is 9.83. The molecule has 0 saturated heterocycles. The molecule has 106 valence electrons. The van der Waals surface area contributed by atoms with Crippen LogP contribution in [0.5, 0.6) is 0 Å². The van der Waals surface area contributed by atoms with Crippen molar-refractivity contribution in [3.8, 4) is 12.1 Å². The molecule has 0 saturated carbocycles. The third-order valence-corrected chi connectivity index (χ3v) is 3.52. The van der Waals surface area contributed by atoms with E-state index in [-0.39, 0.29) is 5.92 Å². The molecule has 0 amide bonds. The van der Waals surface area contributed by atoms with Crippen molar-refractivity contribution < 1.29 is 0 Å². The standard InChI is InChI=1S/C16H17N5/c1-12(7-17)14-4-13(8-21-11-19-10-20-21)5-15(6-14)16(2,3)9-18/h4-6,10-12H,8H2,1-3H3. The highest BCUT2D eigenvalue weighted by atomic mass is 15.3. The molecule has 1 heterocycles. The van der Waals surface area contributed by atoms with E-state index in [1.807, 2.05) is 39.0 Å². The summed E-state index contributed by atoms with van der Waals surface area (Å²) in [7, 11) is 0. The molecule has 0 aliphatic heterocycles. The molecule has 2 aromatic rings. The van der Waals surface area contributed by atoms with E-state index in [2.05, 4.69) is 22.2 Å². The number of benzene rings is 1.